The molecule has 8 heteroatoms. The molecule has 0 spiro atoms. The van der Waals surface area contributed by atoms with Crippen molar-refractivity contribution in [1.29, 1.82) is 0 Å². The van der Waals surface area contributed by atoms with Gasteiger partial charge in [0.15, 0.2) is 0 Å². The maximum Gasteiger partial charge on any atom is 0.293 e. The van der Waals surface area contributed by atoms with Gasteiger partial charge in [0, 0.05) is 46.8 Å². The predicted molar refractivity (Wildman–Crippen MR) is 116 cm³/mol. The minimum Gasteiger partial charge on any atom is -0.342 e. The molecule has 148 valence electrons. The van der Waals surface area contributed by atoms with E-state index in [-0.39, 0.29) is 23.6 Å². The Morgan fingerprint density at radius 3 is 2.54 bits per heavy atom. The first-order valence-corrected chi connectivity index (χ1v) is 10.8. The van der Waals surface area contributed by atoms with Gasteiger partial charge in [-0.05, 0) is 56.8 Å². The first-order chi connectivity index (χ1) is 13.4. The molecule has 0 radical (unpaired) electrons. The Morgan fingerprint density at radius 2 is 1.93 bits per heavy atom. The smallest absolute Gasteiger partial charge is 0.293 e. The topological polar surface area (TPSA) is 62.6 Å². The van der Waals surface area contributed by atoms with Crippen LogP contribution in [0.25, 0.3) is 17.0 Å². The third-order valence-electron chi connectivity index (χ3n) is 4.77. The van der Waals surface area contributed by atoms with Crippen molar-refractivity contribution in [3.63, 3.8) is 0 Å². The van der Waals surface area contributed by atoms with Crippen LogP contribution in [0.1, 0.15) is 26.3 Å². The van der Waals surface area contributed by atoms with Crippen molar-refractivity contribution in [3.05, 3.63) is 39.3 Å². The third-order valence-corrected chi connectivity index (χ3v) is 6.17. The lowest BCUT2D eigenvalue weighted by molar-refractivity contribution is -0.131. The zero-order valence-electron chi connectivity index (χ0n) is 16.1. The number of likely N-dealkylation sites (N-methyl/N-ethyl adjacent to an activating group) is 2. The second kappa shape index (κ2) is 8.53. The van der Waals surface area contributed by atoms with E-state index in [4.69, 9.17) is 0 Å². The largest absolute Gasteiger partial charge is 0.342 e. The fourth-order valence-corrected chi connectivity index (χ4v) is 4.53. The number of nitrogens with zero attached hydrogens (tertiary/aromatic N) is 3. The van der Waals surface area contributed by atoms with E-state index in [2.05, 4.69) is 15.9 Å². The quantitative estimate of drug-likeness (QED) is 0.598. The summed E-state index contributed by atoms with van der Waals surface area (Å²) in [5.41, 5.74) is 1.72. The monoisotopic (exact) mass is 463 g/mol. The van der Waals surface area contributed by atoms with Gasteiger partial charge in [-0.1, -0.05) is 15.9 Å². The summed E-state index contributed by atoms with van der Waals surface area (Å²) in [6.07, 6.45) is 3.62. The number of carbonyl (C=O) groups excluding carboxylic acids is 3. The van der Waals surface area contributed by atoms with Gasteiger partial charge in [-0.3, -0.25) is 19.3 Å². The van der Waals surface area contributed by atoms with E-state index in [9.17, 15) is 14.4 Å². The van der Waals surface area contributed by atoms with Crippen LogP contribution < -0.4 is 0 Å². The number of amides is 3. The Morgan fingerprint density at radius 1 is 1.21 bits per heavy atom. The number of rotatable bonds is 6. The molecule has 0 N–H and O–H groups in total. The van der Waals surface area contributed by atoms with Crippen molar-refractivity contribution >= 4 is 61.7 Å². The standard InChI is InChI=1S/C20H22BrN3O3S/c1-4-22(5-2)18(25)12-23-11-13(15-10-14(21)7-8-16(15)23)9-17-19(26)24(6-3)20(27)28-17/h7-11H,4-6,12H2,1-3H3/b17-9-. The van der Waals surface area contributed by atoms with Crippen molar-refractivity contribution in [2.45, 2.75) is 27.3 Å². The van der Waals surface area contributed by atoms with Gasteiger partial charge < -0.3 is 9.47 Å². The van der Waals surface area contributed by atoms with Crippen LogP contribution in [0.2, 0.25) is 0 Å². The average molecular weight is 464 g/mol. The Labute approximate surface area is 176 Å². The summed E-state index contributed by atoms with van der Waals surface area (Å²) in [6.45, 7) is 7.61. The molecular formula is C20H22BrN3O3S. The Kier molecular flexibility index (Phi) is 6.30. The molecule has 28 heavy (non-hydrogen) atoms. The van der Waals surface area contributed by atoms with Crippen molar-refractivity contribution in [1.82, 2.24) is 14.4 Å². The summed E-state index contributed by atoms with van der Waals surface area (Å²) < 4.78 is 2.81. The summed E-state index contributed by atoms with van der Waals surface area (Å²) in [5, 5.41) is 0.672. The van der Waals surface area contributed by atoms with E-state index in [0.29, 0.717) is 24.5 Å². The first kappa shape index (κ1) is 20.7. The highest BCUT2D eigenvalue weighted by molar-refractivity contribution is 9.10. The molecule has 0 unspecified atom stereocenters. The van der Waals surface area contributed by atoms with E-state index in [1.54, 1.807) is 17.9 Å². The molecular weight excluding hydrogens is 442 g/mol. The zero-order chi connectivity index (χ0) is 20.4. The zero-order valence-corrected chi connectivity index (χ0v) is 18.5. The van der Waals surface area contributed by atoms with Crippen LogP contribution in [-0.2, 0) is 16.1 Å². The molecule has 0 bridgehead atoms. The normalized spacial score (nSPS) is 15.9. The summed E-state index contributed by atoms with van der Waals surface area (Å²) in [4.78, 5) is 40.4. The molecule has 0 atom stereocenters. The number of carbonyl (C=O) groups is 3. The van der Waals surface area contributed by atoms with Gasteiger partial charge in [0.25, 0.3) is 11.1 Å². The number of aromatic nitrogens is 1. The maximum absolute atomic E-state index is 12.6. The Balaban J connectivity index is 2.03. The average Bonchev–Trinajstić information content (AvgIpc) is 3.12. The number of benzene rings is 1. The van der Waals surface area contributed by atoms with Gasteiger partial charge in [0.05, 0.1) is 4.91 Å². The molecule has 3 rings (SSSR count). The Bertz CT molecular complexity index is 978. The highest BCUT2D eigenvalue weighted by atomic mass is 79.9. The number of imide groups is 1. The molecule has 1 aliphatic rings. The van der Waals surface area contributed by atoms with E-state index in [1.165, 1.54) is 4.90 Å². The molecule has 1 aliphatic heterocycles. The molecule has 1 aromatic heterocycles. The fraction of sp³-hybridized carbons (Fsp3) is 0.350. The van der Waals surface area contributed by atoms with Crippen molar-refractivity contribution in [2.75, 3.05) is 19.6 Å². The van der Waals surface area contributed by atoms with Crippen LogP contribution in [0.3, 0.4) is 0 Å². The summed E-state index contributed by atoms with van der Waals surface area (Å²) in [5.74, 6) is -0.227. The van der Waals surface area contributed by atoms with E-state index in [1.807, 2.05) is 42.8 Å². The molecule has 1 fully saturated rings. The molecule has 1 saturated heterocycles. The van der Waals surface area contributed by atoms with Crippen molar-refractivity contribution in [3.8, 4) is 0 Å². The number of halogens is 1. The fourth-order valence-electron chi connectivity index (χ4n) is 3.28. The van der Waals surface area contributed by atoms with Crippen LogP contribution in [0.15, 0.2) is 33.8 Å². The lowest BCUT2D eigenvalue weighted by Gasteiger charge is -2.19. The van der Waals surface area contributed by atoms with Gasteiger partial charge in [-0.2, -0.15) is 0 Å². The van der Waals surface area contributed by atoms with Crippen LogP contribution >= 0.6 is 27.7 Å². The molecule has 3 amide bonds. The summed E-state index contributed by atoms with van der Waals surface area (Å²) in [6, 6.07) is 5.84. The maximum atomic E-state index is 12.6. The first-order valence-electron chi connectivity index (χ1n) is 9.21. The lowest BCUT2D eigenvalue weighted by Crippen LogP contribution is -2.33. The SMILES string of the molecule is CCN(CC)C(=O)Cn1cc(/C=C2\SC(=O)N(CC)C2=O)c2cc(Br)ccc21. The number of thioether (sulfide) groups is 1. The molecule has 6 nitrogen and oxygen atoms in total. The van der Waals surface area contributed by atoms with Crippen molar-refractivity contribution in [2.24, 2.45) is 0 Å². The highest BCUT2D eigenvalue weighted by Crippen LogP contribution is 2.34. The van der Waals surface area contributed by atoms with Crippen LogP contribution in [0.5, 0.6) is 0 Å². The number of fused-ring (bicyclic) bond motifs is 1. The van der Waals surface area contributed by atoms with Gasteiger partial charge in [-0.25, -0.2) is 0 Å². The minimum atomic E-state index is -0.271. The second-order valence-electron chi connectivity index (χ2n) is 6.37. The van der Waals surface area contributed by atoms with Crippen LogP contribution in [-0.4, -0.2) is 51.1 Å². The molecule has 2 heterocycles. The van der Waals surface area contributed by atoms with Crippen molar-refractivity contribution < 1.29 is 14.4 Å². The van der Waals surface area contributed by atoms with E-state index in [0.717, 1.165) is 32.7 Å². The van der Waals surface area contributed by atoms with Gasteiger partial charge in [0.2, 0.25) is 5.91 Å². The van der Waals surface area contributed by atoms with Crippen LogP contribution in [0.4, 0.5) is 4.79 Å². The molecule has 0 saturated carbocycles. The van der Waals surface area contributed by atoms with E-state index < -0.39 is 0 Å². The van der Waals surface area contributed by atoms with Crippen LogP contribution in [0, 0.1) is 0 Å². The number of hydrogen-bond donors (Lipinski definition) is 0. The lowest BCUT2D eigenvalue weighted by atomic mass is 10.1. The van der Waals surface area contributed by atoms with Gasteiger partial charge >= 0.3 is 0 Å². The molecule has 0 aliphatic carbocycles. The van der Waals surface area contributed by atoms with Gasteiger partial charge in [-0.15, -0.1) is 0 Å². The Hall–Kier alpha value is -2.06. The molecule has 1 aromatic carbocycles. The third kappa shape index (κ3) is 3.89. The number of hydrogen-bond acceptors (Lipinski definition) is 4. The predicted octanol–water partition coefficient (Wildman–Crippen LogP) is 4.33. The highest BCUT2D eigenvalue weighted by Gasteiger charge is 2.33. The second-order valence-corrected chi connectivity index (χ2v) is 8.27. The van der Waals surface area contributed by atoms with Gasteiger partial charge in [0.1, 0.15) is 6.54 Å². The summed E-state index contributed by atoms with van der Waals surface area (Å²) >= 11 is 4.44. The summed E-state index contributed by atoms with van der Waals surface area (Å²) in [7, 11) is 0. The van der Waals surface area contributed by atoms with E-state index >= 15 is 0 Å². The molecule has 2 aromatic rings. The minimum absolute atomic E-state index is 0.0441.